The van der Waals surface area contributed by atoms with E-state index in [9.17, 15) is 13.2 Å². The number of rotatable bonds is 7. The normalized spacial score (nSPS) is 17.7. The average Bonchev–Trinajstić information content (AvgIpc) is 3.19. The Balaban J connectivity index is 1.63. The van der Waals surface area contributed by atoms with Gasteiger partial charge in [-0.15, -0.1) is 0 Å². The Labute approximate surface area is 209 Å². The number of fused-ring (bicyclic) bond motifs is 1. The average molecular weight is 518 g/mol. The number of piperidine rings is 1. The first-order valence-electron chi connectivity index (χ1n) is 11.6. The Hall–Kier alpha value is -2.53. The number of methoxy groups -OCH3 is 2. The van der Waals surface area contributed by atoms with Crippen molar-refractivity contribution < 1.29 is 22.7 Å². The lowest BCUT2D eigenvalue weighted by Crippen LogP contribution is -2.42. The molecule has 1 aromatic heterocycles. The van der Waals surface area contributed by atoms with Crippen LogP contribution in [0.2, 0.25) is 0 Å². The summed E-state index contributed by atoms with van der Waals surface area (Å²) in [6.07, 6.45) is 1.22. The van der Waals surface area contributed by atoms with E-state index in [1.807, 2.05) is 11.5 Å². The topological polar surface area (TPSA) is 90.2 Å². The van der Waals surface area contributed by atoms with Crippen LogP contribution in [-0.4, -0.2) is 57.1 Å². The maximum atomic E-state index is 13.3. The van der Waals surface area contributed by atoms with E-state index in [2.05, 4.69) is 24.0 Å². The highest BCUT2D eigenvalue weighted by molar-refractivity contribution is 7.89. The van der Waals surface area contributed by atoms with Crippen LogP contribution in [0.4, 0.5) is 0 Å². The predicted octanol–water partition coefficient (Wildman–Crippen LogP) is 3.50. The number of thiazole rings is 1. The summed E-state index contributed by atoms with van der Waals surface area (Å²) in [7, 11) is -0.533. The van der Waals surface area contributed by atoms with Gasteiger partial charge < -0.3 is 14.0 Å². The van der Waals surface area contributed by atoms with Crippen molar-refractivity contribution in [1.82, 2.24) is 8.87 Å². The standard InChI is InChI=1S/C25H31N3O5S2/c1-17-14-18(2)23-22(15-17)28(12-13-32-3)25(34-23)26-24(29)19-6-5-11-27(16-19)35(30,31)21-9-7-20(33-4)8-10-21/h7-10,14-15,19H,5-6,11-13,16H2,1-4H3. The van der Waals surface area contributed by atoms with Crippen molar-refractivity contribution in [2.24, 2.45) is 10.9 Å². The second-order valence-corrected chi connectivity index (χ2v) is 11.7. The molecule has 0 radical (unpaired) electrons. The van der Waals surface area contributed by atoms with Gasteiger partial charge >= 0.3 is 0 Å². The maximum Gasteiger partial charge on any atom is 0.252 e. The van der Waals surface area contributed by atoms with Crippen molar-refractivity contribution >= 4 is 37.5 Å². The molecule has 1 atom stereocenters. The molecule has 1 aliphatic heterocycles. The number of amides is 1. The largest absolute Gasteiger partial charge is 0.497 e. The minimum Gasteiger partial charge on any atom is -0.497 e. The van der Waals surface area contributed by atoms with Gasteiger partial charge in [0.1, 0.15) is 5.75 Å². The number of hydrogen-bond donors (Lipinski definition) is 0. The van der Waals surface area contributed by atoms with E-state index in [4.69, 9.17) is 9.47 Å². The van der Waals surface area contributed by atoms with Crippen molar-refractivity contribution in [2.75, 3.05) is 33.9 Å². The number of benzene rings is 2. The van der Waals surface area contributed by atoms with Crippen LogP contribution in [0.5, 0.6) is 5.75 Å². The van der Waals surface area contributed by atoms with Crippen molar-refractivity contribution in [2.45, 2.75) is 38.1 Å². The summed E-state index contributed by atoms with van der Waals surface area (Å²) < 4.78 is 41.3. The van der Waals surface area contributed by atoms with Crippen LogP contribution in [0.25, 0.3) is 10.2 Å². The Kier molecular flexibility index (Phi) is 7.75. The van der Waals surface area contributed by atoms with E-state index in [0.717, 1.165) is 21.3 Å². The minimum absolute atomic E-state index is 0.123. The van der Waals surface area contributed by atoms with Gasteiger partial charge in [0.25, 0.3) is 5.91 Å². The summed E-state index contributed by atoms with van der Waals surface area (Å²) in [5, 5.41) is 0. The van der Waals surface area contributed by atoms with Gasteiger partial charge in [-0.1, -0.05) is 17.4 Å². The Morgan fingerprint density at radius 1 is 1.17 bits per heavy atom. The number of carbonyl (C=O) groups excluding carboxylic acids is 1. The minimum atomic E-state index is -3.71. The first kappa shape index (κ1) is 25.6. The number of ether oxygens (including phenoxy) is 2. The fourth-order valence-electron chi connectivity index (χ4n) is 4.44. The van der Waals surface area contributed by atoms with Crippen LogP contribution >= 0.6 is 11.3 Å². The van der Waals surface area contributed by atoms with Crippen molar-refractivity contribution in [3.63, 3.8) is 0 Å². The fourth-order valence-corrected chi connectivity index (χ4v) is 7.08. The van der Waals surface area contributed by atoms with E-state index in [0.29, 0.717) is 43.1 Å². The molecule has 35 heavy (non-hydrogen) atoms. The van der Waals surface area contributed by atoms with Crippen LogP contribution in [-0.2, 0) is 26.1 Å². The molecule has 0 N–H and O–H groups in total. The van der Waals surface area contributed by atoms with Gasteiger partial charge in [-0.05, 0) is 68.1 Å². The van der Waals surface area contributed by atoms with E-state index in [1.165, 1.54) is 34.9 Å². The molecular formula is C25H31N3O5S2. The number of aromatic nitrogens is 1. The van der Waals surface area contributed by atoms with E-state index in [-0.39, 0.29) is 17.3 Å². The van der Waals surface area contributed by atoms with Gasteiger partial charge in [0.15, 0.2) is 4.80 Å². The molecule has 1 unspecified atom stereocenters. The highest BCUT2D eigenvalue weighted by Crippen LogP contribution is 2.27. The summed E-state index contributed by atoms with van der Waals surface area (Å²) in [6.45, 7) is 5.69. The molecule has 8 nitrogen and oxygen atoms in total. The summed E-state index contributed by atoms with van der Waals surface area (Å²) in [4.78, 5) is 18.6. The van der Waals surface area contributed by atoms with Gasteiger partial charge in [0, 0.05) is 26.7 Å². The Bertz CT molecular complexity index is 1390. The third-order valence-electron chi connectivity index (χ3n) is 6.27. The van der Waals surface area contributed by atoms with Crippen LogP contribution in [0.15, 0.2) is 46.3 Å². The number of nitrogens with zero attached hydrogens (tertiary/aromatic N) is 3. The number of aryl methyl sites for hydroxylation is 2. The van der Waals surface area contributed by atoms with Crippen molar-refractivity contribution in [3.05, 3.63) is 52.3 Å². The maximum absolute atomic E-state index is 13.3. The lowest BCUT2D eigenvalue weighted by atomic mass is 9.99. The van der Waals surface area contributed by atoms with E-state index in [1.54, 1.807) is 19.2 Å². The van der Waals surface area contributed by atoms with E-state index >= 15 is 0 Å². The fraction of sp³-hybridized carbons (Fsp3) is 0.440. The monoisotopic (exact) mass is 517 g/mol. The zero-order valence-electron chi connectivity index (χ0n) is 20.5. The molecule has 1 amide bonds. The Morgan fingerprint density at radius 3 is 2.60 bits per heavy atom. The summed E-state index contributed by atoms with van der Waals surface area (Å²) in [5.41, 5.74) is 3.31. The van der Waals surface area contributed by atoms with Crippen molar-refractivity contribution in [1.29, 1.82) is 0 Å². The van der Waals surface area contributed by atoms with Crippen LogP contribution < -0.4 is 9.54 Å². The SMILES string of the molecule is COCCn1c(=NC(=O)C2CCCN(S(=O)(=O)c3ccc(OC)cc3)C2)sc2c(C)cc(C)cc21. The molecule has 0 aliphatic carbocycles. The lowest BCUT2D eigenvalue weighted by molar-refractivity contribution is -0.122. The van der Waals surface area contributed by atoms with E-state index < -0.39 is 15.9 Å². The molecule has 0 saturated carbocycles. The highest BCUT2D eigenvalue weighted by atomic mass is 32.2. The molecule has 2 aromatic carbocycles. The van der Waals surface area contributed by atoms with Crippen LogP contribution in [0, 0.1) is 19.8 Å². The molecule has 3 aromatic rings. The second-order valence-electron chi connectivity index (χ2n) is 8.79. The number of sulfonamides is 1. The second kappa shape index (κ2) is 10.6. The molecule has 1 aliphatic rings. The Morgan fingerprint density at radius 2 is 1.91 bits per heavy atom. The third-order valence-corrected chi connectivity index (χ3v) is 9.38. The summed E-state index contributed by atoms with van der Waals surface area (Å²) in [6, 6.07) is 10.5. The molecule has 0 spiro atoms. The molecule has 1 saturated heterocycles. The molecule has 0 bridgehead atoms. The van der Waals surface area contributed by atoms with Gasteiger partial charge in [-0.25, -0.2) is 8.42 Å². The van der Waals surface area contributed by atoms with Crippen molar-refractivity contribution in [3.8, 4) is 5.75 Å². The van der Waals surface area contributed by atoms with Crippen LogP contribution in [0.3, 0.4) is 0 Å². The molecule has 188 valence electrons. The smallest absolute Gasteiger partial charge is 0.252 e. The van der Waals surface area contributed by atoms with Crippen LogP contribution in [0.1, 0.15) is 24.0 Å². The highest BCUT2D eigenvalue weighted by Gasteiger charge is 2.33. The van der Waals surface area contributed by atoms with Gasteiger partial charge in [-0.3, -0.25) is 4.79 Å². The zero-order valence-corrected chi connectivity index (χ0v) is 22.1. The summed E-state index contributed by atoms with van der Waals surface area (Å²) >= 11 is 1.48. The number of hydrogen-bond acceptors (Lipinski definition) is 6. The first-order chi connectivity index (χ1) is 16.7. The lowest BCUT2D eigenvalue weighted by Gasteiger charge is -2.30. The van der Waals surface area contributed by atoms with Gasteiger partial charge in [0.05, 0.1) is 34.7 Å². The molecule has 10 heteroatoms. The molecular weight excluding hydrogens is 486 g/mol. The van der Waals surface area contributed by atoms with Gasteiger partial charge in [-0.2, -0.15) is 9.30 Å². The molecule has 1 fully saturated rings. The molecule has 2 heterocycles. The quantitative estimate of drug-likeness (QED) is 0.479. The third kappa shape index (κ3) is 5.35. The van der Waals surface area contributed by atoms with Gasteiger partial charge in [0.2, 0.25) is 10.0 Å². The summed E-state index contributed by atoms with van der Waals surface area (Å²) in [5.74, 6) is -0.183. The molecule has 4 rings (SSSR count). The first-order valence-corrected chi connectivity index (χ1v) is 13.8. The zero-order chi connectivity index (χ0) is 25.2. The number of carbonyl (C=O) groups is 1. The predicted molar refractivity (Wildman–Crippen MR) is 136 cm³/mol.